The Morgan fingerprint density at radius 1 is 0.973 bits per heavy atom. The van der Waals surface area contributed by atoms with Crippen LogP contribution in [0, 0.1) is 11.8 Å². The zero-order valence-corrected chi connectivity index (χ0v) is 23.8. The van der Waals surface area contributed by atoms with Gasteiger partial charge in [-0.2, -0.15) is 4.98 Å². The van der Waals surface area contributed by atoms with Crippen molar-refractivity contribution in [2.24, 2.45) is 11.8 Å². The Balaban J connectivity index is 2.14. The molecule has 0 radical (unpaired) electrons. The van der Waals surface area contributed by atoms with Gasteiger partial charge in [0.15, 0.2) is 11.7 Å². The Morgan fingerprint density at radius 3 is 2.22 bits per heavy atom. The summed E-state index contributed by atoms with van der Waals surface area (Å²) in [5.41, 5.74) is -1.36. The van der Waals surface area contributed by atoms with Crippen LogP contribution in [-0.2, 0) is 35.0 Å². The van der Waals surface area contributed by atoms with E-state index in [2.05, 4.69) is 10.1 Å². The summed E-state index contributed by atoms with van der Waals surface area (Å²) in [5, 5.41) is 4.02. The summed E-state index contributed by atoms with van der Waals surface area (Å²) in [6.45, 7) is 12.5. The number of carbonyl (C=O) groups excluding carboxylic acids is 3. The van der Waals surface area contributed by atoms with Crippen LogP contribution in [-0.4, -0.2) is 45.9 Å². The number of rotatable bonds is 12. The fourth-order valence-corrected chi connectivity index (χ4v) is 4.60. The van der Waals surface area contributed by atoms with Crippen molar-refractivity contribution < 1.29 is 33.1 Å². The van der Waals surface area contributed by atoms with Crippen LogP contribution in [0.1, 0.15) is 124 Å². The molecule has 1 heterocycles. The van der Waals surface area contributed by atoms with Crippen LogP contribution in [0.5, 0.6) is 0 Å². The van der Waals surface area contributed by atoms with Crippen LogP contribution in [0.15, 0.2) is 4.52 Å². The maximum atomic E-state index is 12.7. The molecule has 0 bridgehead atoms. The van der Waals surface area contributed by atoms with Crippen LogP contribution in [0.25, 0.3) is 0 Å². The highest BCUT2D eigenvalue weighted by Gasteiger charge is 2.35. The van der Waals surface area contributed by atoms with Crippen molar-refractivity contribution in [3.05, 3.63) is 11.7 Å². The molecule has 0 spiro atoms. The van der Waals surface area contributed by atoms with E-state index in [4.69, 9.17) is 18.7 Å². The topological polar surface area (TPSA) is 118 Å². The molecular formula is C28H46N2O7. The van der Waals surface area contributed by atoms with E-state index in [1.54, 1.807) is 27.7 Å². The predicted molar refractivity (Wildman–Crippen MR) is 138 cm³/mol. The maximum absolute atomic E-state index is 12.7. The second-order valence-electron chi connectivity index (χ2n) is 12.0. The lowest BCUT2D eigenvalue weighted by Gasteiger charge is -2.23. The number of carbonyl (C=O) groups is 3. The number of nitrogens with zero attached hydrogens (tertiary/aromatic N) is 2. The van der Waals surface area contributed by atoms with E-state index in [-0.39, 0.29) is 37.2 Å². The van der Waals surface area contributed by atoms with Gasteiger partial charge in [0.25, 0.3) is 0 Å². The first-order valence-electron chi connectivity index (χ1n) is 13.7. The molecule has 1 aromatic heterocycles. The van der Waals surface area contributed by atoms with E-state index in [9.17, 15) is 14.4 Å². The molecule has 2 atom stereocenters. The normalized spacial score (nSPS) is 16.6. The summed E-state index contributed by atoms with van der Waals surface area (Å²) < 4.78 is 21.6. The number of ether oxygens (including phenoxy) is 3. The zero-order chi connectivity index (χ0) is 27.6. The Bertz CT molecular complexity index is 876. The van der Waals surface area contributed by atoms with Crippen LogP contribution >= 0.6 is 0 Å². The highest BCUT2D eigenvalue weighted by molar-refractivity contribution is 5.95. The van der Waals surface area contributed by atoms with Gasteiger partial charge >= 0.3 is 17.9 Å². The van der Waals surface area contributed by atoms with E-state index < -0.39 is 29.1 Å². The Hall–Kier alpha value is -2.45. The average Bonchev–Trinajstić information content (AvgIpc) is 3.24. The average molecular weight is 523 g/mol. The van der Waals surface area contributed by atoms with Crippen molar-refractivity contribution in [1.82, 2.24) is 10.1 Å². The Kier molecular flexibility index (Phi) is 11.6. The molecule has 9 nitrogen and oxygen atoms in total. The van der Waals surface area contributed by atoms with Gasteiger partial charge in [-0.05, 0) is 60.8 Å². The van der Waals surface area contributed by atoms with Crippen LogP contribution < -0.4 is 0 Å². The summed E-state index contributed by atoms with van der Waals surface area (Å²) in [4.78, 5) is 42.4. The lowest BCUT2D eigenvalue weighted by atomic mass is 9.84. The molecule has 1 fully saturated rings. The number of hydrogen-bond acceptors (Lipinski definition) is 9. The third kappa shape index (κ3) is 11.6. The van der Waals surface area contributed by atoms with Crippen molar-refractivity contribution in [3.63, 3.8) is 0 Å². The lowest BCUT2D eigenvalue weighted by molar-refractivity contribution is -0.169. The first-order valence-corrected chi connectivity index (χ1v) is 13.7. The molecule has 0 saturated heterocycles. The molecule has 0 aromatic carbocycles. The molecule has 1 aromatic rings. The molecule has 210 valence electrons. The molecule has 0 N–H and O–H groups in total. The van der Waals surface area contributed by atoms with Gasteiger partial charge in [0.1, 0.15) is 11.2 Å². The Morgan fingerprint density at radius 2 is 1.62 bits per heavy atom. The van der Waals surface area contributed by atoms with Gasteiger partial charge in [0, 0.05) is 12.3 Å². The minimum Gasteiger partial charge on any atom is -0.465 e. The van der Waals surface area contributed by atoms with E-state index in [0.29, 0.717) is 12.3 Å². The molecular weight excluding hydrogens is 476 g/mol. The molecule has 1 unspecified atom stereocenters. The maximum Gasteiger partial charge on any atom is 0.321 e. The number of aromatic nitrogens is 2. The molecule has 0 amide bonds. The fraction of sp³-hybridized carbons (Fsp3) is 0.821. The molecule has 9 heteroatoms. The smallest absolute Gasteiger partial charge is 0.321 e. The quantitative estimate of drug-likeness (QED) is 0.193. The summed E-state index contributed by atoms with van der Waals surface area (Å²) in [7, 11) is 0. The highest BCUT2D eigenvalue weighted by Crippen LogP contribution is 2.32. The van der Waals surface area contributed by atoms with Gasteiger partial charge in [-0.15, -0.1) is 0 Å². The SMILES string of the molecule is CCOC(=O)C(Cc1noc([C@H](CCCC2CCCCC2)CC(=O)OC(C)(C)C)n1)C(=O)OC(C)(C)C. The van der Waals surface area contributed by atoms with Gasteiger partial charge in [-0.3, -0.25) is 14.4 Å². The largest absolute Gasteiger partial charge is 0.465 e. The first kappa shape index (κ1) is 30.8. The minimum absolute atomic E-state index is 0.113. The van der Waals surface area contributed by atoms with Crippen molar-refractivity contribution in [1.29, 1.82) is 0 Å². The molecule has 37 heavy (non-hydrogen) atoms. The molecule has 1 aliphatic carbocycles. The summed E-state index contributed by atoms with van der Waals surface area (Å²) in [6, 6.07) is 0. The minimum atomic E-state index is -1.21. The van der Waals surface area contributed by atoms with Crippen LogP contribution in [0.3, 0.4) is 0 Å². The van der Waals surface area contributed by atoms with Crippen LogP contribution in [0.2, 0.25) is 0 Å². The van der Waals surface area contributed by atoms with Crippen molar-refractivity contribution in [2.45, 2.75) is 130 Å². The monoisotopic (exact) mass is 522 g/mol. The second kappa shape index (κ2) is 13.9. The van der Waals surface area contributed by atoms with E-state index in [1.807, 2.05) is 20.8 Å². The number of esters is 3. The van der Waals surface area contributed by atoms with E-state index in [0.717, 1.165) is 18.8 Å². The summed E-state index contributed by atoms with van der Waals surface area (Å²) in [5.74, 6) is -1.99. The van der Waals surface area contributed by atoms with Gasteiger partial charge in [-0.25, -0.2) is 0 Å². The molecule has 0 aliphatic heterocycles. The number of hydrogen-bond donors (Lipinski definition) is 0. The lowest BCUT2D eigenvalue weighted by Crippen LogP contribution is -2.35. The first-order chi connectivity index (χ1) is 17.3. The van der Waals surface area contributed by atoms with Gasteiger partial charge in [0.2, 0.25) is 5.89 Å². The van der Waals surface area contributed by atoms with Gasteiger partial charge in [0.05, 0.1) is 13.0 Å². The van der Waals surface area contributed by atoms with Gasteiger partial charge < -0.3 is 18.7 Å². The van der Waals surface area contributed by atoms with E-state index in [1.165, 1.54) is 32.1 Å². The van der Waals surface area contributed by atoms with Crippen LogP contribution in [0.4, 0.5) is 0 Å². The molecule has 1 aliphatic rings. The van der Waals surface area contributed by atoms with Crippen molar-refractivity contribution in [3.8, 4) is 0 Å². The summed E-state index contributed by atoms with van der Waals surface area (Å²) in [6.07, 6.45) is 9.20. The van der Waals surface area contributed by atoms with E-state index >= 15 is 0 Å². The standard InChI is InChI=1S/C28H46N2O7/c1-8-34-25(32)21(26(33)36-28(5,6)7)18-22-29-24(37-30-22)20(17-23(31)35-27(2,3)4)16-12-15-19-13-10-9-11-14-19/h19-21H,8-18H2,1-7H3/t20-,21?/m1/s1. The van der Waals surface area contributed by atoms with Crippen molar-refractivity contribution >= 4 is 17.9 Å². The highest BCUT2D eigenvalue weighted by atomic mass is 16.6. The second-order valence-corrected chi connectivity index (χ2v) is 12.0. The fourth-order valence-electron chi connectivity index (χ4n) is 4.60. The zero-order valence-electron chi connectivity index (χ0n) is 23.8. The third-order valence-corrected chi connectivity index (χ3v) is 6.20. The molecule has 1 saturated carbocycles. The third-order valence-electron chi connectivity index (χ3n) is 6.20. The van der Waals surface area contributed by atoms with Gasteiger partial charge in [-0.1, -0.05) is 50.1 Å². The summed E-state index contributed by atoms with van der Waals surface area (Å²) >= 11 is 0. The predicted octanol–water partition coefficient (Wildman–Crippen LogP) is 5.70. The Labute approximate surface area is 221 Å². The molecule has 2 rings (SSSR count). The van der Waals surface area contributed by atoms with Crippen molar-refractivity contribution in [2.75, 3.05) is 6.61 Å².